The minimum atomic E-state index is -0.407. The molecule has 1 aliphatic carbocycles. The number of unbranched alkanes of at least 4 members (excludes halogenated alkanes) is 9. The van der Waals surface area contributed by atoms with Gasteiger partial charge in [0, 0.05) is 13.0 Å². The van der Waals surface area contributed by atoms with E-state index in [4.69, 9.17) is 18.9 Å². The van der Waals surface area contributed by atoms with E-state index >= 15 is 0 Å². The van der Waals surface area contributed by atoms with Crippen molar-refractivity contribution in [2.75, 3.05) is 26.4 Å². The molecule has 0 heterocycles. The number of carbonyl (C=O) groups is 2. The molecule has 0 saturated heterocycles. The average Bonchev–Trinajstić information content (AvgIpc) is 3.05. The fourth-order valence-electron chi connectivity index (χ4n) is 4.62. The van der Waals surface area contributed by atoms with Crippen LogP contribution in [0.3, 0.4) is 0 Å². The summed E-state index contributed by atoms with van der Waals surface area (Å²) in [5.41, 5.74) is 2.20. The standard InChI is InChI=1S/C36H48N2O6/c1-3-5-6-7-8-9-10-11-12-13-26-42-33-22-16-30(17-23-33)36(40)44-34-24-20-32(21-25-34)38-37-31-18-14-29(15-19-31)35(39)43-28-27-41-4-2/h14-24,34H,3-13,25-28H2,1-2H3. The lowest BCUT2D eigenvalue weighted by Gasteiger charge is -2.15. The van der Waals surface area contributed by atoms with E-state index in [9.17, 15) is 9.59 Å². The van der Waals surface area contributed by atoms with E-state index in [1.165, 1.54) is 57.8 Å². The molecule has 238 valence electrons. The summed E-state index contributed by atoms with van der Waals surface area (Å²) in [6.07, 6.45) is 18.5. The van der Waals surface area contributed by atoms with E-state index in [1.807, 2.05) is 25.1 Å². The summed E-state index contributed by atoms with van der Waals surface area (Å²) < 4.78 is 21.8. The van der Waals surface area contributed by atoms with Crippen LogP contribution in [-0.2, 0) is 14.2 Å². The van der Waals surface area contributed by atoms with Crippen molar-refractivity contribution in [3.8, 4) is 5.75 Å². The summed E-state index contributed by atoms with van der Waals surface area (Å²) >= 11 is 0. The lowest BCUT2D eigenvalue weighted by molar-refractivity contribution is 0.0334. The number of azo groups is 1. The molecule has 8 nitrogen and oxygen atoms in total. The first-order chi connectivity index (χ1) is 21.6. The average molecular weight is 605 g/mol. The molecule has 1 aliphatic rings. The SMILES string of the molecule is CCCCCCCCCCCCOc1ccc(C(=O)OC2C=CC(N=Nc3ccc(C(=O)OCCOCC)cc3)=CC2)cc1. The summed E-state index contributed by atoms with van der Waals surface area (Å²) in [5.74, 6) is -0.0218. The molecule has 0 radical (unpaired) electrons. The van der Waals surface area contributed by atoms with Crippen molar-refractivity contribution in [3.63, 3.8) is 0 Å². The Kier molecular flexibility index (Phi) is 16.6. The van der Waals surface area contributed by atoms with Crippen LogP contribution in [-0.4, -0.2) is 44.5 Å². The van der Waals surface area contributed by atoms with E-state index in [2.05, 4.69) is 17.2 Å². The number of benzene rings is 2. The number of hydrogen-bond acceptors (Lipinski definition) is 8. The third-order valence-corrected chi connectivity index (χ3v) is 7.20. The maximum Gasteiger partial charge on any atom is 0.338 e. The number of esters is 2. The zero-order valence-electron chi connectivity index (χ0n) is 26.4. The summed E-state index contributed by atoms with van der Waals surface area (Å²) in [4.78, 5) is 24.7. The number of nitrogens with zero attached hydrogens (tertiary/aromatic N) is 2. The Morgan fingerprint density at radius 3 is 2.00 bits per heavy atom. The van der Waals surface area contributed by atoms with E-state index in [0.29, 0.717) is 48.8 Å². The van der Waals surface area contributed by atoms with E-state index in [0.717, 1.165) is 12.2 Å². The van der Waals surface area contributed by atoms with Gasteiger partial charge in [-0.25, -0.2) is 9.59 Å². The van der Waals surface area contributed by atoms with Crippen molar-refractivity contribution in [2.24, 2.45) is 10.2 Å². The van der Waals surface area contributed by atoms with Gasteiger partial charge in [0.2, 0.25) is 0 Å². The third kappa shape index (κ3) is 13.7. The highest BCUT2D eigenvalue weighted by molar-refractivity contribution is 5.90. The lowest BCUT2D eigenvalue weighted by atomic mass is 10.1. The highest BCUT2D eigenvalue weighted by Gasteiger charge is 2.16. The Morgan fingerprint density at radius 2 is 1.36 bits per heavy atom. The quantitative estimate of drug-likeness (QED) is 0.0800. The minimum Gasteiger partial charge on any atom is -0.494 e. The monoisotopic (exact) mass is 604 g/mol. The van der Waals surface area contributed by atoms with Gasteiger partial charge in [-0.3, -0.25) is 0 Å². The third-order valence-electron chi connectivity index (χ3n) is 7.20. The smallest absolute Gasteiger partial charge is 0.338 e. The Balaban J connectivity index is 1.31. The molecule has 0 amide bonds. The molecule has 0 saturated carbocycles. The van der Waals surface area contributed by atoms with E-state index in [1.54, 1.807) is 48.6 Å². The largest absolute Gasteiger partial charge is 0.494 e. The zero-order valence-corrected chi connectivity index (χ0v) is 26.4. The molecule has 0 bridgehead atoms. The van der Waals surface area contributed by atoms with Crippen LogP contribution in [0.4, 0.5) is 5.69 Å². The van der Waals surface area contributed by atoms with Gasteiger partial charge in [-0.05, 0) is 74.0 Å². The molecule has 0 aromatic heterocycles. The number of rotatable bonds is 21. The number of carbonyl (C=O) groups excluding carboxylic acids is 2. The molecule has 0 spiro atoms. The molecule has 0 N–H and O–H groups in total. The van der Waals surface area contributed by atoms with Gasteiger partial charge in [-0.15, -0.1) is 0 Å². The van der Waals surface area contributed by atoms with Crippen LogP contribution in [0.1, 0.15) is 105 Å². The molecule has 1 atom stereocenters. The maximum atomic E-state index is 12.6. The second-order valence-corrected chi connectivity index (χ2v) is 10.8. The molecular formula is C36H48N2O6. The summed E-state index contributed by atoms with van der Waals surface area (Å²) in [5, 5.41) is 8.48. The lowest BCUT2D eigenvalue weighted by Crippen LogP contribution is -2.17. The van der Waals surface area contributed by atoms with Crippen molar-refractivity contribution in [1.29, 1.82) is 0 Å². The van der Waals surface area contributed by atoms with Gasteiger partial charge in [0.25, 0.3) is 0 Å². The predicted octanol–water partition coefficient (Wildman–Crippen LogP) is 9.33. The molecule has 44 heavy (non-hydrogen) atoms. The van der Waals surface area contributed by atoms with E-state index in [-0.39, 0.29) is 18.7 Å². The molecule has 0 fully saturated rings. The van der Waals surface area contributed by atoms with Crippen LogP contribution in [0.2, 0.25) is 0 Å². The van der Waals surface area contributed by atoms with Crippen LogP contribution in [0.25, 0.3) is 0 Å². The van der Waals surface area contributed by atoms with Gasteiger partial charge >= 0.3 is 11.9 Å². The molecule has 1 unspecified atom stereocenters. The zero-order chi connectivity index (χ0) is 31.2. The maximum absolute atomic E-state index is 12.6. The number of ether oxygens (including phenoxy) is 4. The first kappa shape index (κ1) is 34.7. The summed E-state index contributed by atoms with van der Waals surface area (Å²) in [7, 11) is 0. The van der Waals surface area contributed by atoms with Gasteiger partial charge in [0.05, 0.1) is 35.7 Å². The fourth-order valence-corrected chi connectivity index (χ4v) is 4.62. The van der Waals surface area contributed by atoms with Crippen LogP contribution >= 0.6 is 0 Å². The van der Waals surface area contributed by atoms with Gasteiger partial charge in [-0.1, -0.05) is 70.8 Å². The summed E-state index contributed by atoms with van der Waals surface area (Å²) in [6.45, 7) is 6.00. The normalized spacial score (nSPS) is 14.4. The molecule has 0 aliphatic heterocycles. The second kappa shape index (κ2) is 21.0. The van der Waals surface area contributed by atoms with Crippen LogP contribution in [0.5, 0.6) is 5.75 Å². The summed E-state index contributed by atoms with van der Waals surface area (Å²) in [6, 6.07) is 13.8. The minimum absolute atomic E-state index is 0.214. The molecule has 2 aromatic rings. The molecular weight excluding hydrogens is 556 g/mol. The second-order valence-electron chi connectivity index (χ2n) is 10.8. The van der Waals surface area contributed by atoms with Gasteiger partial charge in [0.1, 0.15) is 18.5 Å². The van der Waals surface area contributed by atoms with Crippen LogP contribution in [0.15, 0.2) is 82.7 Å². The predicted molar refractivity (Wildman–Crippen MR) is 173 cm³/mol. The Hall–Kier alpha value is -3.78. The van der Waals surface area contributed by atoms with Crippen molar-refractivity contribution in [3.05, 3.63) is 83.6 Å². The van der Waals surface area contributed by atoms with Crippen molar-refractivity contribution < 1.29 is 28.5 Å². The highest BCUT2D eigenvalue weighted by Crippen LogP contribution is 2.21. The Morgan fingerprint density at radius 1 is 0.727 bits per heavy atom. The van der Waals surface area contributed by atoms with Crippen molar-refractivity contribution in [2.45, 2.75) is 90.6 Å². The van der Waals surface area contributed by atoms with Gasteiger partial charge in [-0.2, -0.15) is 10.2 Å². The van der Waals surface area contributed by atoms with Gasteiger partial charge < -0.3 is 18.9 Å². The van der Waals surface area contributed by atoms with Crippen molar-refractivity contribution in [1.82, 2.24) is 0 Å². The van der Waals surface area contributed by atoms with Crippen LogP contribution in [0, 0.1) is 0 Å². The first-order valence-corrected chi connectivity index (χ1v) is 16.2. The van der Waals surface area contributed by atoms with Crippen LogP contribution < -0.4 is 4.74 Å². The van der Waals surface area contributed by atoms with E-state index < -0.39 is 5.97 Å². The van der Waals surface area contributed by atoms with Gasteiger partial charge in [0.15, 0.2) is 0 Å². The topological polar surface area (TPSA) is 95.8 Å². The molecule has 2 aromatic carbocycles. The highest BCUT2D eigenvalue weighted by atomic mass is 16.6. The number of allylic oxidation sites excluding steroid dienone is 1. The number of hydrogen-bond donors (Lipinski definition) is 0. The molecule has 8 heteroatoms. The fraction of sp³-hybridized carbons (Fsp3) is 0.500. The first-order valence-electron chi connectivity index (χ1n) is 16.2. The Labute approximate surface area is 262 Å². The Bertz CT molecular complexity index is 1200. The van der Waals surface area contributed by atoms with Crippen molar-refractivity contribution >= 4 is 17.6 Å². The molecule has 3 rings (SSSR count).